The van der Waals surface area contributed by atoms with Crippen LogP contribution in [-0.2, 0) is 32.5 Å². The summed E-state index contributed by atoms with van der Waals surface area (Å²) in [4.78, 5) is 0. The lowest BCUT2D eigenvalue weighted by molar-refractivity contribution is 0.346. The minimum Gasteiger partial charge on any atom is -0.0619 e. The summed E-state index contributed by atoms with van der Waals surface area (Å²) in [5.41, 5.74) is 40.9. The SMILES string of the molecule is Cc1ccc(C(C)(C)c2ccc(C)c(C)c2)cc1C.Cc1ccc(C(C)(C)c2ccc(C)cc2)cc1.Cc1ccc(C(C)(C)c2cccc(C(C)(C)c3ccc(C)cc3)c2)cc1.Cc1ccc(C2(c3ccc(C)c(C)c3)c3ccccc3-c3ccccc32)cc1C.Cc1ccc(C2(c3ccc(C)cc3)CCCCC2)cc1. The van der Waals surface area contributed by atoms with Crippen molar-refractivity contribution in [3.63, 3.8) is 0 Å². The van der Waals surface area contributed by atoms with Gasteiger partial charge in [0.15, 0.2) is 0 Å². The van der Waals surface area contributed by atoms with Crippen molar-refractivity contribution in [2.75, 3.05) is 0 Å². The number of benzene rings is 13. The van der Waals surface area contributed by atoms with Gasteiger partial charge in [0.25, 0.3) is 0 Å². The fourth-order valence-electron chi connectivity index (χ4n) is 16.7. The normalized spacial score (nSPS) is 13.5. The molecule has 0 bridgehead atoms. The molecular formula is C111H124. The molecule has 0 heterocycles. The second-order valence-electron chi connectivity index (χ2n) is 35.0. The molecule has 0 aromatic heterocycles. The van der Waals surface area contributed by atoms with E-state index in [4.69, 9.17) is 0 Å². The summed E-state index contributed by atoms with van der Waals surface area (Å²) in [7, 11) is 0. The van der Waals surface area contributed by atoms with E-state index in [0.29, 0.717) is 0 Å². The van der Waals surface area contributed by atoms with Crippen LogP contribution in [0.3, 0.4) is 0 Å². The number of hydrogen-bond acceptors (Lipinski definition) is 0. The average molecular weight is 1460 g/mol. The van der Waals surface area contributed by atoms with E-state index in [0.717, 1.165) is 0 Å². The van der Waals surface area contributed by atoms with Crippen molar-refractivity contribution in [3.8, 4) is 11.1 Å². The molecule has 0 saturated heterocycles. The highest BCUT2D eigenvalue weighted by Gasteiger charge is 2.46. The summed E-state index contributed by atoms with van der Waals surface area (Å²) in [6, 6.07) is 109. The zero-order valence-corrected chi connectivity index (χ0v) is 71.2. The fraction of sp³-hybridized carbons (Fsp3) is 0.297. The maximum absolute atomic E-state index is 2.39. The van der Waals surface area contributed by atoms with Gasteiger partial charge >= 0.3 is 0 Å². The molecule has 13 aromatic carbocycles. The van der Waals surface area contributed by atoms with E-state index >= 15 is 0 Å². The average Bonchev–Trinajstić information content (AvgIpc) is 1.54. The Kier molecular flexibility index (Phi) is 25.2. The van der Waals surface area contributed by atoms with E-state index in [9.17, 15) is 0 Å². The van der Waals surface area contributed by atoms with Crippen molar-refractivity contribution in [1.29, 1.82) is 0 Å². The van der Waals surface area contributed by atoms with Crippen LogP contribution in [0.5, 0.6) is 0 Å². The van der Waals surface area contributed by atoms with Crippen LogP contribution < -0.4 is 0 Å². The largest absolute Gasteiger partial charge is 0.0713 e. The first-order valence-corrected chi connectivity index (χ1v) is 40.8. The van der Waals surface area contributed by atoms with Crippen LogP contribution in [0.2, 0.25) is 0 Å². The molecule has 0 amide bonds. The molecule has 568 valence electrons. The molecule has 0 radical (unpaired) electrons. The molecule has 0 aliphatic heterocycles. The van der Waals surface area contributed by atoms with Crippen LogP contribution in [0.15, 0.2) is 291 Å². The first kappa shape index (κ1) is 81.8. The standard InChI is InChI=1S/C29H26.C26H30.C20H24.C19H24.C17H20/c1-19-13-15-23(17-21(19)3)29(24-16-14-20(2)22(4)18-24)27-11-7-5-9-25(27)26-10-6-8-12-28(26)29;1-19-10-14-21(15-11-19)25(3,4)23-8-7-9-24(18-23)26(5,6)22-16-12-20(2)13-17-22;1-16-6-10-18(11-7-16)20(14-4-3-5-15-20)19-12-8-17(2)9-13-19;1-13-7-9-17(11-15(13)3)19(5,6)18-10-8-14(2)16(4)12-18;1-13-5-9-15(10-6-13)17(3,4)16-11-7-14(2)8-12-16/h5-18H,1-4H3;7-18H,1-6H3;6-13H,3-5,14-15H2,1-2H3;7-12H,1-6H3;5-12H,1-4H3. The van der Waals surface area contributed by atoms with Gasteiger partial charge < -0.3 is 0 Å². The van der Waals surface area contributed by atoms with Gasteiger partial charge in [-0.3, -0.25) is 0 Å². The maximum Gasteiger partial charge on any atom is 0.0713 e. The van der Waals surface area contributed by atoms with Crippen LogP contribution in [0.4, 0.5) is 0 Å². The molecule has 0 nitrogen and oxygen atoms in total. The van der Waals surface area contributed by atoms with Gasteiger partial charge in [-0.15, -0.1) is 0 Å². The molecule has 0 N–H and O–H groups in total. The Hall–Kier alpha value is -10.1. The van der Waals surface area contributed by atoms with Gasteiger partial charge in [-0.2, -0.15) is 0 Å². The predicted octanol–water partition coefficient (Wildman–Crippen LogP) is 29.7. The first-order chi connectivity index (χ1) is 52.8. The van der Waals surface area contributed by atoms with Crippen molar-refractivity contribution in [1.82, 2.24) is 0 Å². The Bertz CT molecular complexity index is 4970. The van der Waals surface area contributed by atoms with Crippen LogP contribution in [-0.4, -0.2) is 0 Å². The van der Waals surface area contributed by atoms with E-state index in [1.54, 1.807) is 0 Å². The Morgan fingerprint density at radius 1 is 0.198 bits per heavy atom. The molecule has 2 aliphatic carbocycles. The van der Waals surface area contributed by atoms with E-state index in [1.165, 1.54) is 199 Å². The van der Waals surface area contributed by atoms with E-state index in [-0.39, 0.29) is 32.5 Å². The van der Waals surface area contributed by atoms with Crippen LogP contribution in [0.1, 0.15) is 243 Å². The lowest BCUT2D eigenvalue weighted by Gasteiger charge is -2.38. The summed E-state index contributed by atoms with van der Waals surface area (Å²) in [5, 5.41) is 0. The zero-order chi connectivity index (χ0) is 79.8. The van der Waals surface area contributed by atoms with Gasteiger partial charge in [0, 0.05) is 27.1 Å². The Morgan fingerprint density at radius 3 is 0.748 bits per heavy atom. The molecule has 15 rings (SSSR count). The summed E-state index contributed by atoms with van der Waals surface area (Å²) >= 11 is 0. The van der Waals surface area contributed by atoms with Crippen molar-refractivity contribution in [2.24, 2.45) is 0 Å². The van der Waals surface area contributed by atoms with Crippen molar-refractivity contribution in [3.05, 3.63) is 447 Å². The monoisotopic (exact) mass is 1460 g/mol. The third-order valence-corrected chi connectivity index (χ3v) is 25.6. The highest BCUT2D eigenvalue weighted by atomic mass is 14.5. The molecular weight excluding hydrogens is 1330 g/mol. The van der Waals surface area contributed by atoms with Crippen LogP contribution in [0.25, 0.3) is 11.1 Å². The van der Waals surface area contributed by atoms with Gasteiger partial charge in [-0.25, -0.2) is 0 Å². The molecule has 2 aliphatic rings. The zero-order valence-electron chi connectivity index (χ0n) is 71.2. The molecule has 13 aromatic rings. The number of rotatable bonds is 12. The topological polar surface area (TPSA) is 0 Å². The minimum absolute atomic E-state index is 0.0208. The fourth-order valence-corrected chi connectivity index (χ4v) is 16.7. The molecule has 0 atom stereocenters. The van der Waals surface area contributed by atoms with Crippen molar-refractivity contribution < 1.29 is 0 Å². The van der Waals surface area contributed by atoms with Crippen LogP contribution in [0, 0.1) is 96.9 Å². The van der Waals surface area contributed by atoms with E-state index in [1.807, 2.05) is 0 Å². The maximum atomic E-state index is 2.39. The Morgan fingerprint density at radius 2 is 0.441 bits per heavy atom. The van der Waals surface area contributed by atoms with E-state index in [2.05, 4.69) is 444 Å². The molecule has 111 heavy (non-hydrogen) atoms. The quantitative estimate of drug-likeness (QED) is 0.114. The first-order valence-electron chi connectivity index (χ1n) is 40.8. The summed E-state index contributed by atoms with van der Waals surface area (Å²) in [6.07, 6.45) is 6.67. The Labute approximate surface area is 670 Å². The van der Waals surface area contributed by atoms with Gasteiger partial charge in [-0.05, 0) is 243 Å². The third kappa shape index (κ3) is 17.8. The molecule has 0 spiro atoms. The van der Waals surface area contributed by atoms with Gasteiger partial charge in [0.05, 0.1) is 5.41 Å². The molecule has 0 heteroatoms. The predicted molar refractivity (Wildman–Crippen MR) is 480 cm³/mol. The highest BCUT2D eigenvalue weighted by Crippen LogP contribution is 2.57. The molecule has 1 fully saturated rings. The summed E-state index contributed by atoms with van der Waals surface area (Å²) in [5.74, 6) is 0. The second kappa shape index (κ2) is 34.2. The summed E-state index contributed by atoms with van der Waals surface area (Å²) in [6.45, 7) is 48.9. The number of fused-ring (bicyclic) bond motifs is 3. The number of hydrogen-bond donors (Lipinski definition) is 0. The Balaban J connectivity index is 0.000000139. The molecule has 0 unspecified atom stereocenters. The number of aryl methyl sites for hydroxylation is 14. The molecule has 1 saturated carbocycles. The van der Waals surface area contributed by atoms with Crippen molar-refractivity contribution in [2.45, 2.75) is 217 Å². The second-order valence-corrected chi connectivity index (χ2v) is 35.0. The lowest BCUT2D eigenvalue weighted by atomic mass is 9.65. The van der Waals surface area contributed by atoms with Gasteiger partial charge in [0.1, 0.15) is 0 Å². The third-order valence-electron chi connectivity index (χ3n) is 25.6. The summed E-state index contributed by atoms with van der Waals surface area (Å²) < 4.78 is 0. The highest BCUT2D eigenvalue weighted by molar-refractivity contribution is 5.86. The van der Waals surface area contributed by atoms with Gasteiger partial charge in [-0.1, -0.05) is 399 Å². The minimum atomic E-state index is -0.288. The van der Waals surface area contributed by atoms with Gasteiger partial charge in [0.2, 0.25) is 0 Å². The van der Waals surface area contributed by atoms with E-state index < -0.39 is 0 Å². The van der Waals surface area contributed by atoms with Crippen LogP contribution >= 0.6 is 0 Å². The lowest BCUT2D eigenvalue weighted by Crippen LogP contribution is -2.30. The smallest absolute Gasteiger partial charge is 0.0619 e. The van der Waals surface area contributed by atoms with Crippen molar-refractivity contribution >= 4 is 0 Å².